The summed E-state index contributed by atoms with van der Waals surface area (Å²) in [6.07, 6.45) is 1.46. The molecule has 0 aliphatic carbocycles. The second kappa shape index (κ2) is 5.20. The highest BCUT2D eigenvalue weighted by Gasteiger charge is 2.04. The molecule has 0 aliphatic rings. The maximum Gasteiger partial charge on any atom is 0.248 e. The van der Waals surface area contributed by atoms with Crippen molar-refractivity contribution >= 4 is 11.6 Å². The molecular formula is C12H16N2O. The third-order valence-corrected chi connectivity index (χ3v) is 2.24. The standard InChI is InChI=1S/C12H16N2O/c1-3-14(2)12(15)9-11(13)10-7-5-4-6-8-10/h4-9H,3,13H2,1-2H3. The molecule has 1 rings (SSSR count). The fourth-order valence-electron chi connectivity index (χ4n) is 1.11. The topological polar surface area (TPSA) is 46.3 Å². The molecule has 0 spiro atoms. The lowest BCUT2D eigenvalue weighted by Gasteiger charge is -2.12. The van der Waals surface area contributed by atoms with E-state index >= 15 is 0 Å². The van der Waals surface area contributed by atoms with Gasteiger partial charge in [0.2, 0.25) is 5.91 Å². The number of rotatable bonds is 3. The zero-order chi connectivity index (χ0) is 11.3. The fourth-order valence-corrected chi connectivity index (χ4v) is 1.11. The van der Waals surface area contributed by atoms with E-state index in [9.17, 15) is 4.79 Å². The van der Waals surface area contributed by atoms with Gasteiger partial charge in [0, 0.05) is 25.4 Å². The predicted molar refractivity (Wildman–Crippen MR) is 61.9 cm³/mol. The highest BCUT2D eigenvalue weighted by molar-refractivity contribution is 5.94. The molecule has 0 aromatic heterocycles. The quantitative estimate of drug-likeness (QED) is 0.758. The number of benzene rings is 1. The van der Waals surface area contributed by atoms with Crippen molar-refractivity contribution in [3.8, 4) is 0 Å². The molecule has 0 heterocycles. The zero-order valence-corrected chi connectivity index (χ0v) is 9.10. The van der Waals surface area contributed by atoms with E-state index in [0.717, 1.165) is 5.56 Å². The molecule has 15 heavy (non-hydrogen) atoms. The first kappa shape index (κ1) is 11.3. The normalized spacial score (nSPS) is 11.2. The summed E-state index contributed by atoms with van der Waals surface area (Å²) in [5.41, 5.74) is 7.17. The first-order valence-corrected chi connectivity index (χ1v) is 4.92. The Morgan fingerprint density at radius 2 is 2.00 bits per heavy atom. The maximum absolute atomic E-state index is 11.5. The Balaban J connectivity index is 2.81. The number of nitrogens with zero attached hydrogens (tertiary/aromatic N) is 1. The van der Waals surface area contributed by atoms with E-state index in [1.807, 2.05) is 37.3 Å². The lowest BCUT2D eigenvalue weighted by atomic mass is 10.1. The Bertz CT molecular complexity index is 357. The first-order valence-electron chi connectivity index (χ1n) is 4.92. The summed E-state index contributed by atoms with van der Waals surface area (Å²) < 4.78 is 0. The van der Waals surface area contributed by atoms with Crippen molar-refractivity contribution in [3.05, 3.63) is 42.0 Å². The first-order chi connectivity index (χ1) is 7.15. The lowest BCUT2D eigenvalue weighted by Crippen LogP contribution is -2.24. The van der Waals surface area contributed by atoms with Crippen molar-refractivity contribution in [3.63, 3.8) is 0 Å². The Morgan fingerprint density at radius 3 is 2.53 bits per heavy atom. The van der Waals surface area contributed by atoms with Gasteiger partial charge in [-0.15, -0.1) is 0 Å². The summed E-state index contributed by atoms with van der Waals surface area (Å²) in [6.45, 7) is 2.60. The van der Waals surface area contributed by atoms with E-state index in [4.69, 9.17) is 5.73 Å². The summed E-state index contributed by atoms with van der Waals surface area (Å²) in [5, 5.41) is 0. The van der Waals surface area contributed by atoms with Crippen molar-refractivity contribution in [1.29, 1.82) is 0 Å². The molecule has 0 saturated carbocycles. The summed E-state index contributed by atoms with van der Waals surface area (Å²) >= 11 is 0. The molecule has 0 aliphatic heterocycles. The minimum atomic E-state index is -0.0705. The van der Waals surface area contributed by atoms with Gasteiger partial charge in [-0.25, -0.2) is 0 Å². The molecule has 1 amide bonds. The van der Waals surface area contributed by atoms with Crippen molar-refractivity contribution in [2.75, 3.05) is 13.6 Å². The molecule has 3 heteroatoms. The van der Waals surface area contributed by atoms with Crippen LogP contribution in [0.25, 0.3) is 5.70 Å². The van der Waals surface area contributed by atoms with Gasteiger partial charge in [0.15, 0.2) is 0 Å². The molecular weight excluding hydrogens is 188 g/mol. The van der Waals surface area contributed by atoms with Crippen LogP contribution in [0.3, 0.4) is 0 Å². The van der Waals surface area contributed by atoms with E-state index in [-0.39, 0.29) is 5.91 Å². The predicted octanol–water partition coefficient (Wildman–Crippen LogP) is 1.46. The molecule has 2 N–H and O–H groups in total. The number of likely N-dealkylation sites (N-methyl/N-ethyl adjacent to an activating group) is 1. The van der Waals surface area contributed by atoms with Gasteiger partial charge in [-0.2, -0.15) is 0 Å². The van der Waals surface area contributed by atoms with Gasteiger partial charge in [-0.3, -0.25) is 4.79 Å². The Kier molecular flexibility index (Phi) is 3.92. The molecule has 0 fully saturated rings. The van der Waals surface area contributed by atoms with E-state index in [0.29, 0.717) is 12.2 Å². The molecule has 0 radical (unpaired) electrons. The molecule has 0 bridgehead atoms. The summed E-state index contributed by atoms with van der Waals surface area (Å²) in [4.78, 5) is 13.1. The van der Waals surface area contributed by atoms with Gasteiger partial charge in [0.25, 0.3) is 0 Å². The van der Waals surface area contributed by atoms with Crippen LogP contribution in [0.2, 0.25) is 0 Å². The van der Waals surface area contributed by atoms with Crippen LogP contribution in [-0.4, -0.2) is 24.4 Å². The highest BCUT2D eigenvalue weighted by atomic mass is 16.2. The van der Waals surface area contributed by atoms with E-state index < -0.39 is 0 Å². The second-order valence-electron chi connectivity index (χ2n) is 3.32. The van der Waals surface area contributed by atoms with Gasteiger partial charge < -0.3 is 10.6 Å². The van der Waals surface area contributed by atoms with Crippen LogP contribution < -0.4 is 5.73 Å². The van der Waals surface area contributed by atoms with E-state index in [1.54, 1.807) is 11.9 Å². The molecule has 0 unspecified atom stereocenters. The number of carbonyl (C=O) groups is 1. The lowest BCUT2D eigenvalue weighted by molar-refractivity contribution is -0.124. The average molecular weight is 204 g/mol. The number of carbonyl (C=O) groups excluding carboxylic acids is 1. The van der Waals surface area contributed by atoms with Crippen LogP contribution in [0.4, 0.5) is 0 Å². The molecule has 0 atom stereocenters. The van der Waals surface area contributed by atoms with Crippen LogP contribution in [0.5, 0.6) is 0 Å². The smallest absolute Gasteiger partial charge is 0.248 e. The molecule has 80 valence electrons. The van der Waals surface area contributed by atoms with Crippen molar-refractivity contribution in [1.82, 2.24) is 4.90 Å². The van der Waals surface area contributed by atoms with Crippen molar-refractivity contribution in [2.24, 2.45) is 5.73 Å². The zero-order valence-electron chi connectivity index (χ0n) is 9.10. The van der Waals surface area contributed by atoms with Crippen LogP contribution in [0.15, 0.2) is 36.4 Å². The molecule has 0 saturated heterocycles. The van der Waals surface area contributed by atoms with Gasteiger partial charge in [0.1, 0.15) is 0 Å². The Morgan fingerprint density at radius 1 is 1.40 bits per heavy atom. The summed E-state index contributed by atoms with van der Waals surface area (Å²) in [7, 11) is 1.75. The number of amides is 1. The number of hydrogen-bond acceptors (Lipinski definition) is 2. The highest BCUT2D eigenvalue weighted by Crippen LogP contribution is 2.07. The fraction of sp³-hybridized carbons (Fsp3) is 0.250. The monoisotopic (exact) mass is 204 g/mol. The minimum absolute atomic E-state index is 0.0705. The average Bonchev–Trinajstić information content (AvgIpc) is 2.29. The van der Waals surface area contributed by atoms with Gasteiger partial charge in [0.05, 0.1) is 0 Å². The van der Waals surface area contributed by atoms with Crippen LogP contribution >= 0.6 is 0 Å². The van der Waals surface area contributed by atoms with E-state index in [2.05, 4.69) is 0 Å². The summed E-state index contributed by atoms with van der Waals surface area (Å²) in [6, 6.07) is 9.46. The minimum Gasteiger partial charge on any atom is -0.398 e. The third-order valence-electron chi connectivity index (χ3n) is 2.24. The molecule has 1 aromatic rings. The van der Waals surface area contributed by atoms with Crippen LogP contribution in [-0.2, 0) is 4.79 Å². The van der Waals surface area contributed by atoms with Crippen molar-refractivity contribution in [2.45, 2.75) is 6.92 Å². The van der Waals surface area contributed by atoms with Gasteiger partial charge in [-0.1, -0.05) is 30.3 Å². The second-order valence-corrected chi connectivity index (χ2v) is 3.32. The molecule has 1 aromatic carbocycles. The van der Waals surface area contributed by atoms with Gasteiger partial charge >= 0.3 is 0 Å². The Hall–Kier alpha value is -1.77. The third kappa shape index (κ3) is 3.13. The Labute approximate surface area is 90.2 Å². The van der Waals surface area contributed by atoms with Crippen LogP contribution in [0.1, 0.15) is 12.5 Å². The maximum atomic E-state index is 11.5. The van der Waals surface area contributed by atoms with Gasteiger partial charge in [-0.05, 0) is 12.5 Å². The molecule has 3 nitrogen and oxygen atoms in total. The number of hydrogen-bond donors (Lipinski definition) is 1. The van der Waals surface area contributed by atoms with Crippen molar-refractivity contribution < 1.29 is 4.79 Å². The van der Waals surface area contributed by atoms with E-state index in [1.165, 1.54) is 6.08 Å². The number of nitrogens with two attached hydrogens (primary N) is 1. The largest absolute Gasteiger partial charge is 0.398 e. The SMILES string of the molecule is CCN(C)C(=O)C=C(N)c1ccccc1. The summed E-state index contributed by atoms with van der Waals surface area (Å²) in [5.74, 6) is -0.0705. The van der Waals surface area contributed by atoms with Crippen LogP contribution in [0, 0.1) is 0 Å².